The van der Waals surface area contributed by atoms with Gasteiger partial charge >= 0.3 is 5.97 Å². The summed E-state index contributed by atoms with van der Waals surface area (Å²) in [6.45, 7) is 1.85. The van der Waals surface area contributed by atoms with Crippen molar-refractivity contribution in [2.75, 3.05) is 14.2 Å². The highest BCUT2D eigenvalue weighted by atomic mass is 16.5. The van der Waals surface area contributed by atoms with E-state index in [9.17, 15) is 4.79 Å². The Kier molecular flexibility index (Phi) is 3.68. The Balaban J connectivity index is 3.19. The van der Waals surface area contributed by atoms with Gasteiger partial charge in [0.1, 0.15) is 11.3 Å². The summed E-state index contributed by atoms with van der Waals surface area (Å²) in [5.41, 5.74) is 6.99. The van der Waals surface area contributed by atoms with Gasteiger partial charge in [0.05, 0.1) is 14.2 Å². The number of methoxy groups -OCH3 is 2. The number of ether oxygens (including phenoxy) is 2. The first-order valence-electron chi connectivity index (χ1n) is 4.62. The predicted octanol–water partition coefficient (Wildman–Crippen LogP) is 1.50. The van der Waals surface area contributed by atoms with Crippen LogP contribution in [-0.2, 0) is 4.74 Å². The maximum absolute atomic E-state index is 11.4. The van der Waals surface area contributed by atoms with Gasteiger partial charge in [0.15, 0.2) is 0 Å². The molecule has 2 N–H and O–H groups in total. The molecule has 1 aromatic rings. The molecule has 4 nitrogen and oxygen atoms in total. The first-order valence-corrected chi connectivity index (χ1v) is 4.62. The number of benzene rings is 1. The van der Waals surface area contributed by atoms with Gasteiger partial charge in [0.2, 0.25) is 0 Å². The lowest BCUT2D eigenvalue weighted by atomic mass is 10.0. The highest BCUT2D eigenvalue weighted by Gasteiger charge is 2.14. The first-order chi connectivity index (χ1) is 7.10. The second-order valence-electron chi connectivity index (χ2n) is 3.24. The van der Waals surface area contributed by atoms with Crippen LogP contribution in [0.3, 0.4) is 0 Å². The maximum atomic E-state index is 11.4. The van der Waals surface area contributed by atoms with Crippen molar-refractivity contribution in [3.63, 3.8) is 0 Å². The number of hydrogen-bond donors (Lipinski definition) is 1. The molecule has 0 unspecified atom stereocenters. The monoisotopic (exact) mass is 209 g/mol. The zero-order valence-electron chi connectivity index (χ0n) is 9.11. The molecule has 0 aromatic heterocycles. The average molecular weight is 209 g/mol. The zero-order chi connectivity index (χ0) is 11.4. The van der Waals surface area contributed by atoms with Crippen LogP contribution in [0.2, 0.25) is 0 Å². The molecule has 1 atom stereocenters. The van der Waals surface area contributed by atoms with E-state index in [1.807, 2.05) is 13.0 Å². The van der Waals surface area contributed by atoms with E-state index in [1.54, 1.807) is 12.1 Å². The van der Waals surface area contributed by atoms with Gasteiger partial charge in [0, 0.05) is 6.04 Å². The van der Waals surface area contributed by atoms with Gasteiger partial charge in [-0.05, 0) is 24.6 Å². The lowest BCUT2D eigenvalue weighted by Crippen LogP contribution is -2.09. The Morgan fingerprint density at radius 3 is 2.53 bits per heavy atom. The second kappa shape index (κ2) is 4.79. The summed E-state index contributed by atoms with van der Waals surface area (Å²) in [7, 11) is 2.84. The van der Waals surface area contributed by atoms with Crippen LogP contribution in [0.1, 0.15) is 28.9 Å². The van der Waals surface area contributed by atoms with Crippen LogP contribution in [0, 0.1) is 0 Å². The largest absolute Gasteiger partial charge is 0.496 e. The van der Waals surface area contributed by atoms with E-state index < -0.39 is 5.97 Å². The standard InChI is InChI=1S/C11H15NO3/c1-7(12)8-4-5-10(14-2)9(6-8)11(13)15-3/h4-7H,12H2,1-3H3/t7-/m0/s1. The van der Waals surface area contributed by atoms with E-state index in [-0.39, 0.29) is 6.04 Å². The van der Waals surface area contributed by atoms with Gasteiger partial charge in [0.25, 0.3) is 0 Å². The molecule has 15 heavy (non-hydrogen) atoms. The summed E-state index contributed by atoms with van der Waals surface area (Å²) in [4.78, 5) is 11.4. The summed E-state index contributed by atoms with van der Waals surface area (Å²) in [5, 5.41) is 0. The van der Waals surface area contributed by atoms with Gasteiger partial charge in [-0.1, -0.05) is 6.07 Å². The molecular weight excluding hydrogens is 194 g/mol. The summed E-state index contributed by atoms with van der Waals surface area (Å²) >= 11 is 0. The van der Waals surface area contributed by atoms with E-state index in [2.05, 4.69) is 4.74 Å². The molecule has 1 aromatic carbocycles. The molecule has 0 amide bonds. The second-order valence-corrected chi connectivity index (χ2v) is 3.24. The van der Waals surface area contributed by atoms with E-state index in [1.165, 1.54) is 14.2 Å². The van der Waals surface area contributed by atoms with Crippen molar-refractivity contribution in [1.29, 1.82) is 0 Å². The number of hydrogen-bond acceptors (Lipinski definition) is 4. The van der Waals surface area contributed by atoms with Crippen LogP contribution < -0.4 is 10.5 Å². The van der Waals surface area contributed by atoms with E-state index in [0.717, 1.165) is 5.56 Å². The van der Waals surface area contributed by atoms with Gasteiger partial charge in [-0.3, -0.25) is 0 Å². The van der Waals surface area contributed by atoms with E-state index in [4.69, 9.17) is 10.5 Å². The van der Waals surface area contributed by atoms with Crippen molar-refractivity contribution in [2.24, 2.45) is 5.73 Å². The number of carbonyl (C=O) groups excluding carboxylic acids is 1. The molecule has 0 aliphatic carbocycles. The smallest absolute Gasteiger partial charge is 0.341 e. The minimum absolute atomic E-state index is 0.126. The van der Waals surface area contributed by atoms with Crippen molar-refractivity contribution in [2.45, 2.75) is 13.0 Å². The van der Waals surface area contributed by atoms with E-state index in [0.29, 0.717) is 11.3 Å². The molecular formula is C11H15NO3. The average Bonchev–Trinajstić information content (AvgIpc) is 2.27. The van der Waals surface area contributed by atoms with Gasteiger partial charge in [-0.15, -0.1) is 0 Å². The Morgan fingerprint density at radius 2 is 2.07 bits per heavy atom. The van der Waals surface area contributed by atoms with Crippen molar-refractivity contribution >= 4 is 5.97 Å². The van der Waals surface area contributed by atoms with Crippen molar-refractivity contribution in [3.05, 3.63) is 29.3 Å². The van der Waals surface area contributed by atoms with Crippen molar-refractivity contribution in [3.8, 4) is 5.75 Å². The Labute approximate surface area is 89.0 Å². The number of esters is 1. The number of nitrogens with two attached hydrogens (primary N) is 1. The number of rotatable bonds is 3. The highest BCUT2D eigenvalue weighted by Crippen LogP contribution is 2.23. The molecule has 82 valence electrons. The highest BCUT2D eigenvalue weighted by molar-refractivity contribution is 5.92. The molecule has 4 heteroatoms. The van der Waals surface area contributed by atoms with Crippen molar-refractivity contribution < 1.29 is 14.3 Å². The van der Waals surface area contributed by atoms with Crippen LogP contribution in [0.25, 0.3) is 0 Å². The summed E-state index contributed by atoms with van der Waals surface area (Å²) in [5.74, 6) is 0.0700. The predicted molar refractivity (Wildman–Crippen MR) is 56.9 cm³/mol. The Morgan fingerprint density at radius 1 is 1.40 bits per heavy atom. The number of carbonyl (C=O) groups is 1. The summed E-state index contributed by atoms with van der Waals surface area (Å²) < 4.78 is 9.72. The minimum Gasteiger partial charge on any atom is -0.496 e. The fourth-order valence-corrected chi connectivity index (χ4v) is 1.28. The third kappa shape index (κ3) is 2.47. The fraction of sp³-hybridized carbons (Fsp3) is 0.364. The van der Waals surface area contributed by atoms with Crippen LogP contribution >= 0.6 is 0 Å². The Bertz CT molecular complexity index is 361. The van der Waals surface area contributed by atoms with Gasteiger partial charge < -0.3 is 15.2 Å². The third-order valence-electron chi connectivity index (χ3n) is 2.15. The maximum Gasteiger partial charge on any atom is 0.341 e. The molecule has 0 fully saturated rings. The van der Waals surface area contributed by atoms with Gasteiger partial charge in [-0.2, -0.15) is 0 Å². The van der Waals surface area contributed by atoms with Crippen molar-refractivity contribution in [1.82, 2.24) is 0 Å². The van der Waals surface area contributed by atoms with Gasteiger partial charge in [-0.25, -0.2) is 4.79 Å². The third-order valence-corrected chi connectivity index (χ3v) is 2.15. The molecule has 0 saturated carbocycles. The first kappa shape index (κ1) is 11.5. The normalized spacial score (nSPS) is 12.0. The minimum atomic E-state index is -0.422. The summed E-state index contributed by atoms with van der Waals surface area (Å²) in [6, 6.07) is 5.11. The lowest BCUT2D eigenvalue weighted by molar-refractivity contribution is 0.0597. The quantitative estimate of drug-likeness (QED) is 0.766. The molecule has 1 rings (SSSR count). The van der Waals surface area contributed by atoms with Crippen LogP contribution in [0.15, 0.2) is 18.2 Å². The summed E-state index contributed by atoms with van der Waals surface area (Å²) in [6.07, 6.45) is 0. The van der Waals surface area contributed by atoms with Crippen LogP contribution in [0.5, 0.6) is 5.75 Å². The van der Waals surface area contributed by atoms with E-state index >= 15 is 0 Å². The molecule has 0 heterocycles. The molecule has 0 saturated heterocycles. The topological polar surface area (TPSA) is 61.5 Å². The molecule has 0 aliphatic heterocycles. The molecule has 0 aliphatic rings. The Hall–Kier alpha value is -1.55. The van der Waals surface area contributed by atoms with Crippen LogP contribution in [-0.4, -0.2) is 20.2 Å². The molecule has 0 spiro atoms. The molecule has 0 bridgehead atoms. The van der Waals surface area contributed by atoms with Crippen LogP contribution in [0.4, 0.5) is 0 Å². The lowest BCUT2D eigenvalue weighted by Gasteiger charge is -2.11. The molecule has 0 radical (unpaired) electrons. The zero-order valence-corrected chi connectivity index (χ0v) is 9.11. The SMILES string of the molecule is COC(=O)c1cc([C@H](C)N)ccc1OC. The fourth-order valence-electron chi connectivity index (χ4n) is 1.28.